The van der Waals surface area contributed by atoms with Gasteiger partial charge in [-0.05, 0) is 6.07 Å². The molecule has 2 nitrogen and oxygen atoms in total. The Labute approximate surface area is 78.7 Å². The van der Waals surface area contributed by atoms with Gasteiger partial charge in [0.1, 0.15) is 0 Å². The van der Waals surface area contributed by atoms with Gasteiger partial charge in [0.05, 0.1) is 24.0 Å². The first-order valence-corrected chi connectivity index (χ1v) is 4.52. The average molecular weight is 236 g/mol. The van der Waals surface area contributed by atoms with E-state index in [9.17, 15) is 0 Å². The summed E-state index contributed by atoms with van der Waals surface area (Å²) in [6.07, 6.45) is 1.61. The van der Waals surface area contributed by atoms with Crippen LogP contribution in [-0.2, 0) is 5.33 Å². The molecule has 1 rings (SSSR count). The van der Waals surface area contributed by atoms with Crippen molar-refractivity contribution in [1.29, 1.82) is 0 Å². The Morgan fingerprint density at radius 2 is 2.45 bits per heavy atom. The minimum Gasteiger partial charge on any atom is -0.494 e. The number of ether oxygens (including phenoxy) is 1. The van der Waals surface area contributed by atoms with Crippen molar-refractivity contribution in [2.24, 2.45) is 0 Å². The van der Waals surface area contributed by atoms with E-state index >= 15 is 0 Å². The van der Waals surface area contributed by atoms with Crippen molar-refractivity contribution >= 4 is 27.5 Å². The molecule has 1 heterocycles. The third kappa shape index (κ3) is 2.07. The molecule has 0 aliphatic rings. The van der Waals surface area contributed by atoms with Crippen LogP contribution >= 0.6 is 27.5 Å². The van der Waals surface area contributed by atoms with Crippen LogP contribution in [0.1, 0.15) is 5.69 Å². The summed E-state index contributed by atoms with van der Waals surface area (Å²) in [5, 5.41) is 1.30. The minimum atomic E-state index is 0.594. The Balaban J connectivity index is 2.99. The molecule has 1 aromatic rings. The molecule has 0 amide bonds. The molecule has 0 saturated heterocycles. The van der Waals surface area contributed by atoms with Crippen molar-refractivity contribution in [2.45, 2.75) is 5.33 Å². The van der Waals surface area contributed by atoms with E-state index in [4.69, 9.17) is 16.3 Å². The molecule has 0 saturated carbocycles. The van der Waals surface area contributed by atoms with Crippen molar-refractivity contribution in [3.63, 3.8) is 0 Å². The van der Waals surface area contributed by atoms with Crippen LogP contribution in [0, 0.1) is 0 Å². The van der Waals surface area contributed by atoms with E-state index in [1.54, 1.807) is 19.4 Å². The normalized spacial score (nSPS) is 9.73. The lowest BCUT2D eigenvalue weighted by molar-refractivity contribution is 0.413. The number of methoxy groups -OCH3 is 1. The average Bonchev–Trinajstić information content (AvgIpc) is 2.04. The molecule has 0 bridgehead atoms. The number of aromatic nitrogens is 1. The SMILES string of the molecule is COc1cnc(CBr)cc1Cl. The summed E-state index contributed by atoms with van der Waals surface area (Å²) >= 11 is 9.10. The Bertz CT molecular complexity index is 254. The molecule has 0 unspecified atom stereocenters. The fourth-order valence-corrected chi connectivity index (χ4v) is 1.24. The number of halogens is 2. The smallest absolute Gasteiger partial charge is 0.155 e. The zero-order valence-electron chi connectivity index (χ0n) is 5.97. The summed E-state index contributed by atoms with van der Waals surface area (Å²) in [6, 6.07) is 1.77. The van der Waals surface area contributed by atoms with Gasteiger partial charge in [0.25, 0.3) is 0 Å². The standard InChI is InChI=1S/C7H7BrClNO/c1-11-7-4-10-5(3-8)2-6(7)9/h2,4H,3H2,1H3. The zero-order chi connectivity index (χ0) is 8.27. The van der Waals surface area contributed by atoms with Gasteiger partial charge in [-0.15, -0.1) is 0 Å². The monoisotopic (exact) mass is 235 g/mol. The van der Waals surface area contributed by atoms with Crippen molar-refractivity contribution in [3.05, 3.63) is 23.0 Å². The molecule has 0 aromatic carbocycles. The van der Waals surface area contributed by atoms with Crippen LogP contribution in [-0.4, -0.2) is 12.1 Å². The third-order valence-electron chi connectivity index (χ3n) is 1.23. The van der Waals surface area contributed by atoms with Gasteiger partial charge >= 0.3 is 0 Å². The van der Waals surface area contributed by atoms with E-state index in [0.717, 1.165) is 5.69 Å². The van der Waals surface area contributed by atoms with E-state index < -0.39 is 0 Å². The summed E-state index contributed by atoms with van der Waals surface area (Å²) in [5.74, 6) is 0.608. The summed E-state index contributed by atoms with van der Waals surface area (Å²) in [4.78, 5) is 4.07. The quantitative estimate of drug-likeness (QED) is 0.737. The summed E-state index contributed by atoms with van der Waals surface area (Å²) < 4.78 is 4.93. The molecule has 0 radical (unpaired) electrons. The molecule has 0 fully saturated rings. The number of hydrogen-bond donors (Lipinski definition) is 0. The second kappa shape index (κ2) is 3.93. The molecule has 11 heavy (non-hydrogen) atoms. The van der Waals surface area contributed by atoms with Gasteiger partial charge in [0.2, 0.25) is 0 Å². The number of pyridine rings is 1. The summed E-state index contributed by atoms with van der Waals surface area (Å²) in [7, 11) is 1.57. The predicted octanol–water partition coefficient (Wildman–Crippen LogP) is 2.64. The Morgan fingerprint density at radius 3 is 2.91 bits per heavy atom. The molecule has 0 aliphatic heterocycles. The fourth-order valence-electron chi connectivity index (χ4n) is 0.681. The Kier molecular flexibility index (Phi) is 3.15. The fraction of sp³-hybridized carbons (Fsp3) is 0.286. The number of alkyl halides is 1. The number of rotatable bonds is 2. The van der Waals surface area contributed by atoms with Gasteiger partial charge in [0, 0.05) is 5.33 Å². The Hall–Kier alpha value is -0.280. The maximum absolute atomic E-state index is 5.82. The number of nitrogens with zero attached hydrogens (tertiary/aromatic N) is 1. The maximum atomic E-state index is 5.82. The lowest BCUT2D eigenvalue weighted by Gasteiger charge is -2.02. The van der Waals surface area contributed by atoms with Gasteiger partial charge < -0.3 is 4.74 Å². The van der Waals surface area contributed by atoms with Gasteiger partial charge in [0.15, 0.2) is 5.75 Å². The van der Waals surface area contributed by atoms with Crippen LogP contribution in [0.15, 0.2) is 12.3 Å². The van der Waals surface area contributed by atoms with Crippen LogP contribution in [0.4, 0.5) is 0 Å². The molecule has 0 spiro atoms. The minimum absolute atomic E-state index is 0.594. The lowest BCUT2D eigenvalue weighted by Crippen LogP contribution is -1.89. The zero-order valence-corrected chi connectivity index (χ0v) is 8.32. The van der Waals surface area contributed by atoms with Gasteiger partial charge in [-0.1, -0.05) is 27.5 Å². The maximum Gasteiger partial charge on any atom is 0.155 e. The summed E-state index contributed by atoms with van der Waals surface area (Å²) in [5.41, 5.74) is 0.899. The lowest BCUT2D eigenvalue weighted by atomic mass is 10.4. The van der Waals surface area contributed by atoms with Gasteiger partial charge in [-0.25, -0.2) is 0 Å². The second-order valence-corrected chi connectivity index (χ2v) is 2.91. The van der Waals surface area contributed by atoms with Crippen molar-refractivity contribution < 1.29 is 4.74 Å². The molecule has 0 atom stereocenters. The molecule has 0 N–H and O–H groups in total. The third-order valence-corrected chi connectivity index (χ3v) is 2.10. The van der Waals surface area contributed by atoms with Crippen LogP contribution < -0.4 is 4.74 Å². The van der Waals surface area contributed by atoms with E-state index in [2.05, 4.69) is 20.9 Å². The first kappa shape index (κ1) is 8.81. The molecule has 60 valence electrons. The van der Waals surface area contributed by atoms with Crippen LogP contribution in [0.5, 0.6) is 5.75 Å². The predicted molar refractivity (Wildman–Crippen MR) is 48.4 cm³/mol. The van der Waals surface area contributed by atoms with E-state index in [1.165, 1.54) is 0 Å². The molecule has 0 aliphatic carbocycles. The highest BCUT2D eigenvalue weighted by atomic mass is 79.9. The van der Waals surface area contributed by atoms with E-state index in [1.807, 2.05) is 0 Å². The highest BCUT2D eigenvalue weighted by molar-refractivity contribution is 9.08. The highest BCUT2D eigenvalue weighted by Gasteiger charge is 2.00. The largest absolute Gasteiger partial charge is 0.494 e. The first-order chi connectivity index (χ1) is 5.27. The topological polar surface area (TPSA) is 22.1 Å². The van der Waals surface area contributed by atoms with Crippen LogP contribution in [0.2, 0.25) is 5.02 Å². The molecule has 4 heteroatoms. The van der Waals surface area contributed by atoms with Crippen LogP contribution in [0.25, 0.3) is 0 Å². The number of hydrogen-bond acceptors (Lipinski definition) is 2. The van der Waals surface area contributed by atoms with Crippen molar-refractivity contribution in [2.75, 3.05) is 7.11 Å². The first-order valence-electron chi connectivity index (χ1n) is 3.02. The van der Waals surface area contributed by atoms with E-state index in [0.29, 0.717) is 16.1 Å². The summed E-state index contributed by atoms with van der Waals surface area (Å²) in [6.45, 7) is 0. The second-order valence-electron chi connectivity index (χ2n) is 1.94. The molecular formula is C7H7BrClNO. The van der Waals surface area contributed by atoms with Crippen molar-refractivity contribution in [3.8, 4) is 5.75 Å². The van der Waals surface area contributed by atoms with Gasteiger partial charge in [-0.2, -0.15) is 0 Å². The highest BCUT2D eigenvalue weighted by Crippen LogP contribution is 2.23. The molecular weight excluding hydrogens is 229 g/mol. The molecule has 1 aromatic heterocycles. The van der Waals surface area contributed by atoms with Gasteiger partial charge in [-0.3, -0.25) is 4.98 Å². The van der Waals surface area contributed by atoms with Crippen molar-refractivity contribution in [1.82, 2.24) is 4.98 Å². The Morgan fingerprint density at radius 1 is 1.73 bits per heavy atom. The van der Waals surface area contributed by atoms with Crippen LogP contribution in [0.3, 0.4) is 0 Å². The van der Waals surface area contributed by atoms with E-state index in [-0.39, 0.29) is 0 Å².